The van der Waals surface area contributed by atoms with E-state index in [1.165, 1.54) is 6.92 Å². The fourth-order valence-corrected chi connectivity index (χ4v) is 4.25. The van der Waals surface area contributed by atoms with Gasteiger partial charge in [0.25, 0.3) is 0 Å². The van der Waals surface area contributed by atoms with Crippen LogP contribution in [0.1, 0.15) is 18.1 Å². The summed E-state index contributed by atoms with van der Waals surface area (Å²) in [5.41, 5.74) is 1.65. The lowest BCUT2D eigenvalue weighted by Gasteiger charge is -2.34. The quantitative estimate of drug-likeness (QED) is 0.717. The summed E-state index contributed by atoms with van der Waals surface area (Å²) in [6.45, 7) is 1.01. The molecule has 1 heterocycles. The van der Waals surface area contributed by atoms with E-state index < -0.39 is 33.5 Å². The summed E-state index contributed by atoms with van der Waals surface area (Å²) < 4.78 is 37.3. The standard InChI is InChI=1S/C20H21NO7S/c1-14(19(22)23)28-17-11-16-9-5-6-10-18(16)21(12-17)29(25,26)20(24)27-13-15-7-3-2-4-8-15/h2-10,14,17H,11-13H2,1H3,(H,22,23)/t14?,17-/m1/s1. The molecule has 2 aromatic rings. The van der Waals surface area contributed by atoms with Gasteiger partial charge < -0.3 is 14.6 Å². The molecule has 0 fully saturated rings. The Morgan fingerprint density at radius 2 is 1.79 bits per heavy atom. The molecular weight excluding hydrogens is 398 g/mol. The molecule has 3 rings (SSSR count). The second kappa shape index (κ2) is 8.62. The Hall–Kier alpha value is -2.91. The second-order valence-corrected chi connectivity index (χ2v) is 8.36. The Morgan fingerprint density at radius 3 is 2.48 bits per heavy atom. The van der Waals surface area contributed by atoms with Crippen LogP contribution in [-0.4, -0.2) is 43.5 Å². The highest BCUT2D eigenvalue weighted by Crippen LogP contribution is 2.31. The predicted molar refractivity (Wildman–Crippen MR) is 105 cm³/mol. The molecule has 1 unspecified atom stereocenters. The molecule has 29 heavy (non-hydrogen) atoms. The number of anilines is 1. The number of carboxylic acid groups (broad SMARTS) is 1. The van der Waals surface area contributed by atoms with Crippen LogP contribution in [0.15, 0.2) is 54.6 Å². The second-order valence-electron chi connectivity index (χ2n) is 6.63. The number of fused-ring (bicyclic) bond motifs is 1. The molecule has 9 heteroatoms. The summed E-state index contributed by atoms with van der Waals surface area (Å²) >= 11 is 0. The van der Waals surface area contributed by atoms with Crippen LogP contribution in [0.25, 0.3) is 0 Å². The molecule has 0 aromatic heterocycles. The van der Waals surface area contributed by atoms with Crippen LogP contribution >= 0.6 is 0 Å². The number of carbonyl (C=O) groups excluding carboxylic acids is 1. The van der Waals surface area contributed by atoms with Gasteiger partial charge in [0.1, 0.15) is 6.61 Å². The molecule has 0 aliphatic carbocycles. The number of aliphatic carboxylic acids is 1. The first-order chi connectivity index (χ1) is 13.8. The fourth-order valence-electron chi connectivity index (χ4n) is 3.07. The van der Waals surface area contributed by atoms with E-state index in [0.29, 0.717) is 23.2 Å². The Morgan fingerprint density at radius 1 is 1.14 bits per heavy atom. The monoisotopic (exact) mass is 419 g/mol. The van der Waals surface area contributed by atoms with E-state index in [-0.39, 0.29) is 13.2 Å². The van der Waals surface area contributed by atoms with Crippen LogP contribution in [-0.2, 0) is 37.3 Å². The molecule has 0 saturated heterocycles. The topological polar surface area (TPSA) is 110 Å². The van der Waals surface area contributed by atoms with Gasteiger partial charge in [0.05, 0.1) is 18.3 Å². The summed E-state index contributed by atoms with van der Waals surface area (Å²) in [7, 11) is -4.49. The Kier molecular flexibility index (Phi) is 6.19. The minimum absolute atomic E-state index is 0.176. The molecule has 2 aromatic carbocycles. The number of nitrogens with zero attached hydrogens (tertiary/aromatic N) is 1. The van der Waals surface area contributed by atoms with Crippen molar-refractivity contribution in [2.24, 2.45) is 0 Å². The Bertz CT molecular complexity index is 991. The third-order valence-corrected chi connectivity index (χ3v) is 5.99. The highest BCUT2D eigenvalue weighted by atomic mass is 32.2. The molecule has 0 bridgehead atoms. The third kappa shape index (κ3) is 4.75. The maximum atomic E-state index is 12.9. The van der Waals surface area contributed by atoms with Crippen molar-refractivity contribution in [3.63, 3.8) is 0 Å². The van der Waals surface area contributed by atoms with E-state index >= 15 is 0 Å². The first kappa shape index (κ1) is 20.8. The van der Waals surface area contributed by atoms with Gasteiger partial charge in [-0.25, -0.2) is 9.59 Å². The minimum Gasteiger partial charge on any atom is -0.479 e. The average molecular weight is 419 g/mol. The van der Waals surface area contributed by atoms with Crippen LogP contribution in [0, 0.1) is 0 Å². The number of hydrogen-bond acceptors (Lipinski definition) is 6. The van der Waals surface area contributed by atoms with E-state index in [1.807, 2.05) is 0 Å². The van der Waals surface area contributed by atoms with Gasteiger partial charge in [0, 0.05) is 6.42 Å². The first-order valence-corrected chi connectivity index (χ1v) is 10.4. The van der Waals surface area contributed by atoms with Crippen molar-refractivity contribution < 1.29 is 32.6 Å². The lowest BCUT2D eigenvalue weighted by molar-refractivity contribution is -0.152. The molecule has 1 N–H and O–H groups in total. The Balaban J connectivity index is 1.81. The molecule has 0 saturated carbocycles. The molecule has 0 radical (unpaired) electrons. The lowest BCUT2D eigenvalue weighted by atomic mass is 10.0. The van der Waals surface area contributed by atoms with Crippen LogP contribution in [0.5, 0.6) is 0 Å². The highest BCUT2D eigenvalue weighted by Gasteiger charge is 2.39. The van der Waals surface area contributed by atoms with E-state index in [0.717, 1.165) is 4.31 Å². The Labute approximate surface area is 168 Å². The lowest BCUT2D eigenvalue weighted by Crippen LogP contribution is -2.47. The smallest absolute Gasteiger partial charge is 0.445 e. The van der Waals surface area contributed by atoms with E-state index in [9.17, 15) is 18.0 Å². The van der Waals surface area contributed by atoms with Gasteiger partial charge in [-0.05, 0) is 24.1 Å². The zero-order valence-corrected chi connectivity index (χ0v) is 16.5. The number of ether oxygens (including phenoxy) is 2. The number of carbonyl (C=O) groups is 2. The largest absolute Gasteiger partial charge is 0.479 e. The van der Waals surface area contributed by atoms with Gasteiger partial charge in [0.2, 0.25) is 0 Å². The van der Waals surface area contributed by atoms with Gasteiger partial charge in [0.15, 0.2) is 6.10 Å². The molecule has 0 spiro atoms. The summed E-state index contributed by atoms with van der Waals surface area (Å²) in [5, 5.41) is 7.70. The molecule has 154 valence electrons. The number of para-hydroxylation sites is 1. The maximum absolute atomic E-state index is 12.9. The van der Waals surface area contributed by atoms with Crippen LogP contribution in [0.3, 0.4) is 0 Å². The van der Waals surface area contributed by atoms with Crippen molar-refractivity contribution in [3.8, 4) is 0 Å². The number of hydrogen-bond donors (Lipinski definition) is 1. The van der Waals surface area contributed by atoms with Gasteiger partial charge >= 0.3 is 21.3 Å². The van der Waals surface area contributed by atoms with Crippen molar-refractivity contribution in [2.75, 3.05) is 10.8 Å². The molecule has 0 amide bonds. The fraction of sp³-hybridized carbons (Fsp3) is 0.300. The zero-order chi connectivity index (χ0) is 21.0. The highest BCUT2D eigenvalue weighted by molar-refractivity contribution is 8.06. The van der Waals surface area contributed by atoms with Crippen molar-refractivity contribution in [1.82, 2.24) is 0 Å². The number of carboxylic acids is 1. The molecule has 2 atom stereocenters. The van der Waals surface area contributed by atoms with Gasteiger partial charge in [-0.15, -0.1) is 0 Å². The minimum atomic E-state index is -4.49. The summed E-state index contributed by atoms with van der Waals surface area (Å²) in [5.74, 6) is -1.15. The maximum Gasteiger partial charge on any atom is 0.445 e. The van der Waals surface area contributed by atoms with E-state index in [1.54, 1.807) is 54.6 Å². The van der Waals surface area contributed by atoms with Crippen LogP contribution in [0.4, 0.5) is 10.5 Å². The van der Waals surface area contributed by atoms with Crippen molar-refractivity contribution >= 4 is 27.0 Å². The molecule has 8 nitrogen and oxygen atoms in total. The van der Waals surface area contributed by atoms with Gasteiger partial charge in [-0.2, -0.15) is 8.42 Å². The van der Waals surface area contributed by atoms with Crippen molar-refractivity contribution in [3.05, 3.63) is 65.7 Å². The SMILES string of the molecule is CC(O[C@@H]1Cc2ccccc2N(S(=O)(=O)C(=O)OCc2ccccc2)C1)C(=O)O. The van der Waals surface area contributed by atoms with Crippen LogP contribution < -0.4 is 4.31 Å². The third-order valence-electron chi connectivity index (χ3n) is 4.52. The zero-order valence-electron chi connectivity index (χ0n) is 15.7. The summed E-state index contributed by atoms with van der Waals surface area (Å²) in [4.78, 5) is 23.5. The van der Waals surface area contributed by atoms with Gasteiger partial charge in [-0.1, -0.05) is 48.5 Å². The normalized spacial score (nSPS) is 17.3. The van der Waals surface area contributed by atoms with Crippen molar-refractivity contribution in [1.29, 1.82) is 0 Å². The van der Waals surface area contributed by atoms with Gasteiger partial charge in [-0.3, -0.25) is 4.31 Å². The number of sulfonamides is 1. The first-order valence-electron chi connectivity index (χ1n) is 8.98. The van der Waals surface area contributed by atoms with Crippen LogP contribution in [0.2, 0.25) is 0 Å². The predicted octanol–water partition coefficient (Wildman–Crippen LogP) is 2.57. The average Bonchev–Trinajstić information content (AvgIpc) is 2.71. The number of rotatable bonds is 6. The van der Waals surface area contributed by atoms with E-state index in [4.69, 9.17) is 14.6 Å². The summed E-state index contributed by atoms with van der Waals surface area (Å²) in [6.07, 6.45) is -1.49. The molecular formula is C20H21NO7S. The number of benzene rings is 2. The van der Waals surface area contributed by atoms with Crippen molar-refractivity contribution in [2.45, 2.75) is 32.2 Å². The summed E-state index contributed by atoms with van der Waals surface area (Å²) in [6, 6.07) is 15.4. The molecule has 1 aliphatic heterocycles. The van der Waals surface area contributed by atoms with E-state index in [2.05, 4.69) is 0 Å². The molecule has 1 aliphatic rings.